The molecule has 7 nitrogen and oxygen atoms in total. The SMILES string of the molecule is [3H]C[C@@H]1C[C@@H](OP(OCCC#N)N(C(C)C)C(C)C)CN1C(=O)CCCCCCC(=O)CCSS[C@H]1CC[C@@]2(C)C(=CCC3C2CC[C@@]2(C)C3CC[C@@H]2[C@H](C)CCCC(C)C)C1. The predicted molar refractivity (Wildman–Crippen MR) is 260 cm³/mol. The number of amides is 1. The lowest BCUT2D eigenvalue weighted by atomic mass is 9.47. The summed E-state index contributed by atoms with van der Waals surface area (Å²) in [5, 5.41) is 9.72. The van der Waals surface area contributed by atoms with E-state index >= 15 is 0 Å². The van der Waals surface area contributed by atoms with E-state index in [0.717, 1.165) is 66.9 Å². The van der Waals surface area contributed by atoms with Crippen molar-refractivity contribution in [2.24, 2.45) is 46.3 Å². The van der Waals surface area contributed by atoms with Gasteiger partial charge in [0, 0.05) is 56.3 Å². The predicted octanol–water partition coefficient (Wildman–Crippen LogP) is 14.4. The highest BCUT2D eigenvalue weighted by Crippen LogP contribution is 2.68. The van der Waals surface area contributed by atoms with Crippen LogP contribution in [-0.2, 0) is 18.6 Å². The van der Waals surface area contributed by atoms with Crippen LogP contribution in [0.1, 0.15) is 199 Å². The van der Waals surface area contributed by atoms with Crippen LogP contribution in [0.5, 0.6) is 0 Å². The average molecular weight is 904 g/mol. The van der Waals surface area contributed by atoms with Gasteiger partial charge in [0.25, 0.3) is 8.53 Å². The number of likely N-dealkylation sites (tertiary alicyclic amines) is 1. The molecule has 1 heterocycles. The third-order valence-corrected chi connectivity index (χ3v) is 21.2. The van der Waals surface area contributed by atoms with Crippen LogP contribution in [0.2, 0.25) is 0 Å². The summed E-state index contributed by atoms with van der Waals surface area (Å²) in [6.07, 6.45) is 24.1. The molecule has 0 aromatic rings. The van der Waals surface area contributed by atoms with Crippen molar-refractivity contribution in [3.05, 3.63) is 11.6 Å². The largest absolute Gasteiger partial charge is 0.337 e. The summed E-state index contributed by atoms with van der Waals surface area (Å²) >= 11 is 0. The van der Waals surface area contributed by atoms with Crippen LogP contribution in [0.15, 0.2) is 11.6 Å². The number of hydrogen-bond acceptors (Lipinski definition) is 8. The van der Waals surface area contributed by atoms with E-state index in [-0.39, 0.29) is 37.0 Å². The van der Waals surface area contributed by atoms with Gasteiger partial charge in [0.05, 0.1) is 25.2 Å². The number of rotatable bonds is 25. The first-order valence-electron chi connectivity index (χ1n) is 25.7. The van der Waals surface area contributed by atoms with Gasteiger partial charge in [0.1, 0.15) is 5.78 Å². The van der Waals surface area contributed by atoms with Crippen LogP contribution in [-0.4, -0.2) is 69.6 Å². The minimum atomic E-state index is -1.38. The standard InChI is InChI=1S/C51H88N3O4PS2/c1-36(2)17-15-18-39(7)46-23-24-47-45-22-21-41-34-44(25-28-50(41,9)48(45)26-29-51(46,47)10)61-60-32-27-42(55)19-13-11-12-14-20-49(56)53-35-43(33-40(53)8)58-59(57-31-16-30-52)54(37(3)4)38(5)6/h21,36-40,43-48H,11-20,22-29,31-35H2,1-10H3/t39-,40-,43-,44+,45?,46-,47?,48?,50+,51-,59?/m1/s1/i8T. The molecule has 1 saturated heterocycles. The molecular formula is C51H88N3O4PS2. The molecule has 4 fully saturated rings. The molecule has 1 aliphatic heterocycles. The Morgan fingerprint density at radius 3 is 2.43 bits per heavy atom. The van der Waals surface area contributed by atoms with Crippen molar-refractivity contribution >= 4 is 41.8 Å². The van der Waals surface area contributed by atoms with Gasteiger partial charge in [-0.05, 0) is 152 Å². The van der Waals surface area contributed by atoms with E-state index in [4.69, 9.17) is 15.7 Å². The number of nitriles is 1. The van der Waals surface area contributed by atoms with Gasteiger partial charge < -0.3 is 13.9 Å². The van der Waals surface area contributed by atoms with E-state index in [1.807, 2.05) is 15.7 Å². The Balaban J connectivity index is 0.951. The zero-order chi connectivity index (χ0) is 45.0. The highest BCUT2D eigenvalue weighted by molar-refractivity contribution is 8.76. The Bertz CT molecular complexity index is 1490. The summed E-state index contributed by atoms with van der Waals surface area (Å²) in [6.45, 7) is 22.1. The first kappa shape index (κ1) is 49.8. The molecule has 0 radical (unpaired) electrons. The molecule has 0 N–H and O–H groups in total. The number of carbonyl (C=O) groups is 2. The molecular weight excluding hydrogens is 814 g/mol. The molecule has 4 unspecified atom stereocenters. The number of unbranched alkanes of at least 4 members (excludes halogenated alkanes) is 3. The fraction of sp³-hybridized carbons (Fsp3) is 0.902. The maximum absolute atomic E-state index is 13.3. The first-order valence-corrected chi connectivity index (χ1v) is 28.5. The zero-order valence-corrected chi connectivity index (χ0v) is 42.7. The lowest BCUT2D eigenvalue weighted by Crippen LogP contribution is -2.50. The molecule has 0 bridgehead atoms. The normalized spacial score (nSPS) is 32.4. The number of allylic oxidation sites excluding steroid dienone is 2. The van der Waals surface area contributed by atoms with Gasteiger partial charge in [0.15, 0.2) is 0 Å². The summed E-state index contributed by atoms with van der Waals surface area (Å²) in [7, 11) is 2.61. The smallest absolute Gasteiger partial charge is 0.259 e. The second-order valence-electron chi connectivity index (χ2n) is 21.5. The third kappa shape index (κ3) is 13.5. The van der Waals surface area contributed by atoms with Crippen LogP contribution in [0.25, 0.3) is 0 Å². The number of fused-ring (bicyclic) bond motifs is 5. The number of Topliss-reactive ketones (excluding diaryl/α,β-unsaturated/α-hetero) is 1. The van der Waals surface area contributed by atoms with Crippen LogP contribution in [0, 0.1) is 57.7 Å². The van der Waals surface area contributed by atoms with Crippen LogP contribution < -0.4 is 0 Å². The summed E-state index contributed by atoms with van der Waals surface area (Å²) in [6, 6.07) is 2.42. The molecule has 348 valence electrons. The number of carbonyl (C=O) groups excluding carboxylic acids is 2. The molecule has 3 saturated carbocycles. The van der Waals surface area contributed by atoms with Crippen molar-refractivity contribution in [3.8, 4) is 6.07 Å². The van der Waals surface area contributed by atoms with Crippen molar-refractivity contribution in [1.82, 2.24) is 9.57 Å². The van der Waals surface area contributed by atoms with Gasteiger partial charge in [-0.15, -0.1) is 0 Å². The summed E-state index contributed by atoms with van der Waals surface area (Å²) in [4.78, 5) is 28.0. The topological polar surface area (TPSA) is 82.9 Å². The van der Waals surface area contributed by atoms with Gasteiger partial charge >= 0.3 is 0 Å². The maximum Gasteiger partial charge on any atom is 0.259 e. The van der Waals surface area contributed by atoms with Crippen molar-refractivity contribution in [2.45, 2.75) is 227 Å². The fourth-order valence-electron chi connectivity index (χ4n) is 12.9. The van der Waals surface area contributed by atoms with Gasteiger partial charge in [-0.2, -0.15) is 5.26 Å². The van der Waals surface area contributed by atoms with Crippen LogP contribution in [0.3, 0.4) is 0 Å². The minimum absolute atomic E-state index is 0.0985. The third-order valence-electron chi connectivity index (χ3n) is 16.1. The lowest BCUT2D eigenvalue weighted by molar-refractivity contribution is -0.132. The van der Waals surface area contributed by atoms with Gasteiger partial charge in [-0.1, -0.05) is 100.0 Å². The molecule has 1 amide bonds. The molecule has 0 aromatic heterocycles. The first-order chi connectivity index (χ1) is 29.6. The van der Waals surface area contributed by atoms with Crippen molar-refractivity contribution in [3.63, 3.8) is 0 Å². The molecule has 0 aromatic carbocycles. The van der Waals surface area contributed by atoms with E-state index in [9.17, 15) is 9.59 Å². The number of nitrogens with zero attached hydrogens (tertiary/aromatic N) is 3. The maximum atomic E-state index is 13.3. The molecule has 61 heavy (non-hydrogen) atoms. The Morgan fingerprint density at radius 2 is 1.72 bits per heavy atom. The highest BCUT2D eigenvalue weighted by Gasteiger charge is 2.59. The van der Waals surface area contributed by atoms with E-state index < -0.39 is 8.53 Å². The number of hydrogen-bond donors (Lipinski definition) is 0. The van der Waals surface area contributed by atoms with Crippen LogP contribution in [0.4, 0.5) is 0 Å². The van der Waals surface area contributed by atoms with Crippen LogP contribution >= 0.6 is 30.1 Å². The Hall–Kier alpha value is -0.620. The van der Waals surface area contributed by atoms with E-state index in [1.54, 1.807) is 5.57 Å². The molecule has 0 spiro atoms. The second-order valence-corrected chi connectivity index (χ2v) is 25.7. The quantitative estimate of drug-likeness (QED) is 0.0388. The Morgan fingerprint density at radius 1 is 0.967 bits per heavy atom. The van der Waals surface area contributed by atoms with Gasteiger partial charge in [-0.3, -0.25) is 9.59 Å². The lowest BCUT2D eigenvalue weighted by Gasteiger charge is -2.58. The summed E-state index contributed by atoms with van der Waals surface area (Å²) in [5.74, 6) is 6.69. The van der Waals surface area contributed by atoms with Gasteiger partial charge in [-0.25, -0.2) is 4.67 Å². The number of ketones is 1. The minimum Gasteiger partial charge on any atom is -0.337 e. The molecule has 4 aliphatic carbocycles. The summed E-state index contributed by atoms with van der Waals surface area (Å²) in [5.41, 5.74) is 2.73. The van der Waals surface area contributed by atoms with Crippen molar-refractivity contribution in [2.75, 3.05) is 18.9 Å². The zero-order valence-electron chi connectivity index (χ0n) is 41.1. The van der Waals surface area contributed by atoms with E-state index in [2.05, 4.69) is 89.9 Å². The van der Waals surface area contributed by atoms with Crippen molar-refractivity contribution in [1.29, 1.82) is 5.26 Å². The van der Waals surface area contributed by atoms with Gasteiger partial charge in [0.2, 0.25) is 5.91 Å². The summed E-state index contributed by atoms with van der Waals surface area (Å²) < 4.78 is 23.0. The fourth-order valence-corrected chi connectivity index (χ4v) is 17.3. The highest BCUT2D eigenvalue weighted by atomic mass is 33.1. The monoisotopic (exact) mass is 904 g/mol. The molecule has 10 heteroatoms. The average Bonchev–Trinajstić information content (AvgIpc) is 3.81. The molecule has 11 atom stereocenters. The second kappa shape index (κ2) is 24.2. The van der Waals surface area contributed by atoms with E-state index in [0.29, 0.717) is 67.1 Å². The molecule has 5 rings (SSSR count). The van der Waals surface area contributed by atoms with Crippen molar-refractivity contribution < 1.29 is 20.0 Å². The van der Waals surface area contributed by atoms with E-state index in [1.165, 1.54) is 70.6 Å². The molecule has 5 aliphatic rings. The Kier molecular flexibility index (Phi) is 19.8. The Labute approximate surface area is 385 Å².